The average Bonchev–Trinajstić information content (AvgIpc) is 2.33. The fraction of sp³-hybridized carbons (Fsp3) is 1.00. The average molecular weight is 204 g/mol. The molecule has 0 aliphatic carbocycles. The van der Waals surface area contributed by atoms with E-state index in [0.717, 1.165) is 11.3 Å². The standard InChI is InChI=1S/C10H23P.C2H6/c1-9(2)11(4,5)8-6-7-10(11)3;1-2/h9-10H,6-8H2,1-5H3;1-2H3. The van der Waals surface area contributed by atoms with E-state index in [1.165, 1.54) is 12.8 Å². The van der Waals surface area contributed by atoms with Crippen molar-refractivity contribution in [2.75, 3.05) is 19.5 Å². The van der Waals surface area contributed by atoms with E-state index in [2.05, 4.69) is 34.1 Å². The van der Waals surface area contributed by atoms with Crippen LogP contribution in [0.2, 0.25) is 0 Å². The van der Waals surface area contributed by atoms with Gasteiger partial charge in [0.2, 0.25) is 0 Å². The second-order valence-electron chi connectivity index (χ2n) is 5.44. The zero-order valence-corrected chi connectivity index (χ0v) is 11.6. The van der Waals surface area contributed by atoms with Gasteiger partial charge in [0.25, 0.3) is 0 Å². The van der Waals surface area contributed by atoms with Crippen LogP contribution in [0.25, 0.3) is 0 Å². The first-order valence-electron chi connectivity index (χ1n) is 5.87. The van der Waals surface area contributed by atoms with Gasteiger partial charge >= 0.3 is 71.0 Å². The van der Waals surface area contributed by atoms with E-state index in [1.807, 2.05) is 13.8 Å². The monoisotopic (exact) mass is 204 g/mol. The molecule has 82 valence electrons. The third kappa shape index (κ3) is 2.27. The van der Waals surface area contributed by atoms with Crippen molar-refractivity contribution in [2.45, 2.75) is 58.8 Å². The van der Waals surface area contributed by atoms with Crippen molar-refractivity contribution in [3.05, 3.63) is 0 Å². The Morgan fingerprint density at radius 1 is 1.15 bits per heavy atom. The van der Waals surface area contributed by atoms with Crippen LogP contribution in [-0.4, -0.2) is 30.8 Å². The summed E-state index contributed by atoms with van der Waals surface area (Å²) in [6.45, 7) is 15.3. The van der Waals surface area contributed by atoms with E-state index in [4.69, 9.17) is 0 Å². The zero-order chi connectivity index (χ0) is 10.7. The van der Waals surface area contributed by atoms with Crippen LogP contribution < -0.4 is 0 Å². The number of hydrogen-bond donors (Lipinski definition) is 0. The molecule has 1 unspecified atom stereocenters. The molecular weight excluding hydrogens is 175 g/mol. The van der Waals surface area contributed by atoms with Crippen LogP contribution in [0.15, 0.2) is 0 Å². The maximum absolute atomic E-state index is 2.61. The molecule has 0 nitrogen and oxygen atoms in total. The molecule has 0 amide bonds. The van der Waals surface area contributed by atoms with Gasteiger partial charge in [0.1, 0.15) is 0 Å². The molecule has 1 aliphatic heterocycles. The Morgan fingerprint density at radius 2 is 1.62 bits per heavy atom. The fourth-order valence-electron chi connectivity index (χ4n) is 2.30. The molecule has 0 bridgehead atoms. The first kappa shape index (κ1) is 13.4. The van der Waals surface area contributed by atoms with Crippen LogP contribution in [0.5, 0.6) is 0 Å². The molecule has 0 aromatic heterocycles. The second-order valence-corrected chi connectivity index (χ2v) is 13.1. The summed E-state index contributed by atoms with van der Waals surface area (Å²) in [5, 5.41) is 0. The molecule has 1 atom stereocenters. The van der Waals surface area contributed by atoms with Crippen LogP contribution in [0.1, 0.15) is 47.5 Å². The maximum atomic E-state index is 2.61. The number of hydrogen-bond acceptors (Lipinski definition) is 0. The quantitative estimate of drug-likeness (QED) is 0.555. The third-order valence-electron chi connectivity index (χ3n) is 4.63. The van der Waals surface area contributed by atoms with Gasteiger partial charge in [0, 0.05) is 0 Å². The Balaban J connectivity index is 0.000000671. The van der Waals surface area contributed by atoms with Gasteiger partial charge in [-0.2, -0.15) is 0 Å². The van der Waals surface area contributed by atoms with Crippen molar-refractivity contribution in [3.8, 4) is 0 Å². The van der Waals surface area contributed by atoms with E-state index >= 15 is 0 Å². The molecule has 0 aromatic rings. The molecule has 1 heteroatoms. The topological polar surface area (TPSA) is 0 Å². The molecule has 0 aromatic carbocycles. The first-order valence-corrected chi connectivity index (χ1v) is 9.32. The Bertz CT molecular complexity index is 159. The fourth-order valence-corrected chi connectivity index (χ4v) is 6.48. The Morgan fingerprint density at radius 3 is 1.77 bits per heavy atom. The van der Waals surface area contributed by atoms with Gasteiger partial charge in [-0.3, -0.25) is 0 Å². The van der Waals surface area contributed by atoms with Crippen molar-refractivity contribution in [2.24, 2.45) is 0 Å². The van der Waals surface area contributed by atoms with E-state index in [0.29, 0.717) is 0 Å². The summed E-state index contributed by atoms with van der Waals surface area (Å²) in [7, 11) is 0. The van der Waals surface area contributed by atoms with Crippen molar-refractivity contribution >= 4 is 6.60 Å². The van der Waals surface area contributed by atoms with Gasteiger partial charge in [-0.05, 0) is 0 Å². The molecule has 1 heterocycles. The molecular formula is C12H29P. The third-order valence-corrected chi connectivity index (χ3v) is 12.9. The van der Waals surface area contributed by atoms with Gasteiger partial charge in [-0.25, -0.2) is 0 Å². The van der Waals surface area contributed by atoms with Gasteiger partial charge in [-0.15, -0.1) is 0 Å². The number of rotatable bonds is 1. The molecule has 13 heavy (non-hydrogen) atoms. The molecule has 1 saturated heterocycles. The molecule has 1 fully saturated rings. The van der Waals surface area contributed by atoms with Gasteiger partial charge in [0.15, 0.2) is 0 Å². The summed E-state index contributed by atoms with van der Waals surface area (Å²) < 4.78 is 0. The summed E-state index contributed by atoms with van der Waals surface area (Å²) in [6.07, 6.45) is 4.53. The summed E-state index contributed by atoms with van der Waals surface area (Å²) >= 11 is 0. The van der Waals surface area contributed by atoms with E-state index in [9.17, 15) is 0 Å². The summed E-state index contributed by atoms with van der Waals surface area (Å²) in [4.78, 5) is 0. The van der Waals surface area contributed by atoms with E-state index in [1.54, 1.807) is 6.16 Å². The van der Waals surface area contributed by atoms with Crippen LogP contribution in [-0.2, 0) is 0 Å². The first-order chi connectivity index (χ1) is 5.87. The van der Waals surface area contributed by atoms with E-state index < -0.39 is 6.60 Å². The van der Waals surface area contributed by atoms with Crippen molar-refractivity contribution in [3.63, 3.8) is 0 Å². The van der Waals surface area contributed by atoms with Gasteiger partial charge in [0.05, 0.1) is 0 Å². The molecule has 0 radical (unpaired) electrons. The summed E-state index contributed by atoms with van der Waals surface area (Å²) in [5.41, 5.74) is 1.97. The summed E-state index contributed by atoms with van der Waals surface area (Å²) in [6, 6.07) is 0. The van der Waals surface area contributed by atoms with Crippen LogP contribution in [0, 0.1) is 0 Å². The normalized spacial score (nSPS) is 32.9. The minimum atomic E-state index is -1.23. The van der Waals surface area contributed by atoms with E-state index in [-0.39, 0.29) is 0 Å². The zero-order valence-electron chi connectivity index (χ0n) is 10.7. The van der Waals surface area contributed by atoms with Crippen molar-refractivity contribution in [1.82, 2.24) is 0 Å². The predicted octanol–water partition coefficient (Wildman–Crippen LogP) is 4.42. The van der Waals surface area contributed by atoms with Crippen LogP contribution in [0.3, 0.4) is 0 Å². The summed E-state index contributed by atoms with van der Waals surface area (Å²) in [5.74, 6) is 0. The molecule has 0 saturated carbocycles. The predicted molar refractivity (Wildman–Crippen MR) is 68.8 cm³/mol. The second kappa shape index (κ2) is 4.30. The van der Waals surface area contributed by atoms with Crippen LogP contribution >= 0.6 is 6.60 Å². The Kier molecular flexibility index (Phi) is 4.44. The molecule has 1 aliphatic rings. The van der Waals surface area contributed by atoms with Crippen molar-refractivity contribution < 1.29 is 0 Å². The van der Waals surface area contributed by atoms with Crippen LogP contribution in [0.4, 0.5) is 0 Å². The van der Waals surface area contributed by atoms with Gasteiger partial charge < -0.3 is 0 Å². The molecule has 0 spiro atoms. The minimum absolute atomic E-state index is 0.943. The molecule has 1 rings (SSSR count). The SMILES string of the molecule is CC.CC(C)P1(C)(C)CCCC1C. The molecule has 0 N–H and O–H groups in total. The Labute approximate surface area is 85.4 Å². The van der Waals surface area contributed by atoms with Crippen molar-refractivity contribution in [1.29, 1.82) is 0 Å². The van der Waals surface area contributed by atoms with Gasteiger partial charge in [-0.1, -0.05) is 13.8 Å². The Hall–Kier alpha value is 0.430.